The number of carbonyl (C=O) groups is 2. The van der Waals surface area contributed by atoms with Gasteiger partial charge in [0.2, 0.25) is 11.8 Å². The summed E-state index contributed by atoms with van der Waals surface area (Å²) in [6.45, 7) is 0.966. The van der Waals surface area contributed by atoms with Crippen molar-refractivity contribution in [3.8, 4) is 0 Å². The van der Waals surface area contributed by atoms with E-state index in [4.69, 9.17) is 18.0 Å². The van der Waals surface area contributed by atoms with Crippen LogP contribution in [0.15, 0.2) is 0 Å². The molecule has 1 aliphatic carbocycles. The number of hydrogen-bond acceptors (Lipinski definition) is 4. The minimum atomic E-state index is -0.0435. The highest BCUT2D eigenvalue weighted by Gasteiger charge is 2.24. The number of nitrogens with one attached hydrogen (secondary N) is 1. The molecule has 0 aromatic heterocycles. The average molecular weight is 286 g/mol. The van der Waals surface area contributed by atoms with Crippen LogP contribution >= 0.6 is 12.2 Å². The second-order valence-electron chi connectivity index (χ2n) is 5.05. The summed E-state index contributed by atoms with van der Waals surface area (Å²) in [7, 11) is 3.46. The molecule has 2 amide bonds. The Labute approximate surface area is 119 Å². The third-order valence-corrected chi connectivity index (χ3v) is 3.08. The molecule has 108 valence electrons. The van der Waals surface area contributed by atoms with Gasteiger partial charge in [0.15, 0.2) is 0 Å². The van der Waals surface area contributed by atoms with Crippen LogP contribution in [-0.2, 0) is 9.59 Å². The number of hydrogen-bond donors (Lipinski definition) is 2. The van der Waals surface area contributed by atoms with Crippen molar-refractivity contribution >= 4 is 29.0 Å². The molecule has 19 heavy (non-hydrogen) atoms. The van der Waals surface area contributed by atoms with Crippen LogP contribution in [0, 0.1) is 0 Å². The van der Waals surface area contributed by atoms with Gasteiger partial charge in [0.1, 0.15) is 0 Å². The fourth-order valence-electron chi connectivity index (χ4n) is 1.56. The smallest absolute Gasteiger partial charge is 0.236 e. The first-order valence-corrected chi connectivity index (χ1v) is 6.79. The van der Waals surface area contributed by atoms with Gasteiger partial charge in [-0.05, 0) is 19.9 Å². The van der Waals surface area contributed by atoms with Crippen molar-refractivity contribution < 1.29 is 9.59 Å². The number of likely N-dealkylation sites (N-methyl/N-ethyl adjacent to an activating group) is 2. The molecule has 1 saturated carbocycles. The predicted octanol–water partition coefficient (Wildman–Crippen LogP) is -0.669. The molecular formula is C12H22N4O2S. The maximum atomic E-state index is 11.9. The van der Waals surface area contributed by atoms with Gasteiger partial charge in [-0.2, -0.15) is 0 Å². The molecule has 0 aromatic rings. The number of carbonyl (C=O) groups excluding carboxylic acids is 2. The van der Waals surface area contributed by atoms with E-state index >= 15 is 0 Å². The SMILES string of the molecule is CN(CC(=O)NC1CC1)CC(=O)N(C)CCC(N)=S. The Morgan fingerprint density at radius 2 is 1.95 bits per heavy atom. The van der Waals surface area contributed by atoms with Crippen LogP contribution in [-0.4, -0.2) is 66.4 Å². The second kappa shape index (κ2) is 7.40. The predicted molar refractivity (Wildman–Crippen MR) is 77.7 cm³/mol. The van der Waals surface area contributed by atoms with E-state index in [1.165, 1.54) is 0 Å². The molecule has 0 heterocycles. The van der Waals surface area contributed by atoms with E-state index in [0.29, 0.717) is 24.0 Å². The maximum Gasteiger partial charge on any atom is 0.236 e. The molecule has 7 heteroatoms. The van der Waals surface area contributed by atoms with Crippen molar-refractivity contribution in [2.45, 2.75) is 25.3 Å². The van der Waals surface area contributed by atoms with Gasteiger partial charge < -0.3 is 16.0 Å². The number of nitrogens with zero attached hydrogens (tertiary/aromatic N) is 2. The molecule has 0 bridgehead atoms. The topological polar surface area (TPSA) is 78.7 Å². The summed E-state index contributed by atoms with van der Waals surface area (Å²) in [6.07, 6.45) is 2.65. The highest BCUT2D eigenvalue weighted by Crippen LogP contribution is 2.18. The minimum Gasteiger partial charge on any atom is -0.393 e. The lowest BCUT2D eigenvalue weighted by Gasteiger charge is -2.21. The Kier molecular flexibility index (Phi) is 6.17. The van der Waals surface area contributed by atoms with Crippen LogP contribution in [0.2, 0.25) is 0 Å². The summed E-state index contributed by atoms with van der Waals surface area (Å²) in [4.78, 5) is 27.1. The van der Waals surface area contributed by atoms with E-state index in [9.17, 15) is 9.59 Å². The lowest BCUT2D eigenvalue weighted by Crippen LogP contribution is -2.42. The molecule has 0 saturated heterocycles. The molecule has 0 aliphatic heterocycles. The Morgan fingerprint density at radius 3 is 2.47 bits per heavy atom. The molecule has 0 spiro atoms. The summed E-state index contributed by atoms with van der Waals surface area (Å²) in [5.74, 6) is -0.0680. The number of nitrogens with two attached hydrogens (primary N) is 1. The largest absolute Gasteiger partial charge is 0.393 e. The Morgan fingerprint density at radius 1 is 1.32 bits per heavy atom. The van der Waals surface area contributed by atoms with Gasteiger partial charge in [-0.25, -0.2) is 0 Å². The van der Waals surface area contributed by atoms with Gasteiger partial charge in [0, 0.05) is 26.1 Å². The van der Waals surface area contributed by atoms with E-state index in [2.05, 4.69) is 5.32 Å². The summed E-state index contributed by atoms with van der Waals surface area (Å²) < 4.78 is 0. The summed E-state index contributed by atoms with van der Waals surface area (Å²) in [6, 6.07) is 0.352. The molecule has 0 atom stereocenters. The third kappa shape index (κ3) is 7.07. The van der Waals surface area contributed by atoms with Crippen LogP contribution in [0.3, 0.4) is 0 Å². The van der Waals surface area contributed by atoms with Crippen LogP contribution < -0.4 is 11.1 Å². The van der Waals surface area contributed by atoms with Gasteiger partial charge in [-0.3, -0.25) is 14.5 Å². The van der Waals surface area contributed by atoms with E-state index in [1.54, 1.807) is 23.9 Å². The van der Waals surface area contributed by atoms with Gasteiger partial charge in [0.25, 0.3) is 0 Å². The molecule has 6 nitrogen and oxygen atoms in total. The highest BCUT2D eigenvalue weighted by atomic mass is 32.1. The van der Waals surface area contributed by atoms with Gasteiger partial charge in [0.05, 0.1) is 18.1 Å². The van der Waals surface area contributed by atoms with E-state index in [-0.39, 0.29) is 24.9 Å². The van der Waals surface area contributed by atoms with E-state index in [1.807, 2.05) is 0 Å². The summed E-state index contributed by atoms with van der Waals surface area (Å²) in [5, 5.41) is 2.89. The van der Waals surface area contributed by atoms with Crippen molar-refractivity contribution in [3.63, 3.8) is 0 Å². The first kappa shape index (κ1) is 15.8. The molecule has 3 N–H and O–H groups in total. The minimum absolute atomic E-state index is 0.0245. The lowest BCUT2D eigenvalue weighted by molar-refractivity contribution is -0.131. The van der Waals surface area contributed by atoms with Gasteiger partial charge in [-0.15, -0.1) is 0 Å². The fourth-order valence-corrected chi connectivity index (χ4v) is 1.65. The number of thiocarbonyl (C=S) groups is 1. The van der Waals surface area contributed by atoms with E-state index in [0.717, 1.165) is 12.8 Å². The van der Waals surface area contributed by atoms with Crippen molar-refractivity contribution in [3.05, 3.63) is 0 Å². The average Bonchev–Trinajstić information content (AvgIpc) is 3.08. The van der Waals surface area contributed by atoms with Gasteiger partial charge in [-0.1, -0.05) is 12.2 Å². The first-order valence-electron chi connectivity index (χ1n) is 6.38. The normalized spacial score (nSPS) is 14.3. The zero-order chi connectivity index (χ0) is 14.4. The summed E-state index contributed by atoms with van der Waals surface area (Å²) >= 11 is 4.77. The molecule has 0 aromatic carbocycles. The molecule has 0 radical (unpaired) electrons. The molecule has 1 aliphatic rings. The first-order chi connectivity index (χ1) is 8.88. The third-order valence-electron chi connectivity index (χ3n) is 2.88. The number of amides is 2. The Balaban J connectivity index is 2.21. The van der Waals surface area contributed by atoms with Crippen molar-refractivity contribution in [2.75, 3.05) is 33.7 Å². The molecule has 1 fully saturated rings. The zero-order valence-electron chi connectivity index (χ0n) is 11.5. The van der Waals surface area contributed by atoms with Crippen LogP contribution in [0.1, 0.15) is 19.3 Å². The van der Waals surface area contributed by atoms with Gasteiger partial charge >= 0.3 is 0 Å². The standard InChI is InChI=1S/C12H22N4O2S/c1-15(7-11(17)14-9-3-4-9)8-12(18)16(2)6-5-10(13)19/h9H,3-8H2,1-2H3,(H2,13,19)(H,14,17). The second-order valence-corrected chi connectivity index (χ2v) is 5.57. The summed E-state index contributed by atoms with van der Waals surface area (Å²) in [5.41, 5.74) is 5.39. The van der Waals surface area contributed by atoms with Crippen LogP contribution in [0.25, 0.3) is 0 Å². The quantitative estimate of drug-likeness (QED) is 0.579. The highest BCUT2D eigenvalue weighted by molar-refractivity contribution is 7.80. The van der Waals surface area contributed by atoms with Crippen molar-refractivity contribution in [1.82, 2.24) is 15.1 Å². The molecular weight excluding hydrogens is 264 g/mol. The van der Waals surface area contributed by atoms with Crippen molar-refractivity contribution in [1.29, 1.82) is 0 Å². The molecule has 1 rings (SSSR count). The fraction of sp³-hybridized carbons (Fsp3) is 0.750. The zero-order valence-corrected chi connectivity index (χ0v) is 12.3. The monoisotopic (exact) mass is 286 g/mol. The Hall–Kier alpha value is -1.21. The van der Waals surface area contributed by atoms with E-state index < -0.39 is 0 Å². The maximum absolute atomic E-state index is 11.9. The number of rotatable bonds is 8. The van der Waals surface area contributed by atoms with Crippen LogP contribution in [0.4, 0.5) is 0 Å². The Bertz CT molecular complexity index is 358. The van der Waals surface area contributed by atoms with Crippen molar-refractivity contribution in [2.24, 2.45) is 5.73 Å². The molecule has 0 unspecified atom stereocenters. The van der Waals surface area contributed by atoms with Crippen LogP contribution in [0.5, 0.6) is 0 Å². The lowest BCUT2D eigenvalue weighted by atomic mass is 10.3.